The number of carbonyl (C=O) groups excluding carboxylic acids is 2. The third-order valence-electron chi connectivity index (χ3n) is 4.29. The van der Waals surface area contributed by atoms with Crippen molar-refractivity contribution in [3.05, 3.63) is 66.0 Å². The number of aromatic nitrogens is 2. The van der Waals surface area contributed by atoms with Gasteiger partial charge in [0.25, 0.3) is 5.91 Å². The van der Waals surface area contributed by atoms with Gasteiger partial charge in [0.15, 0.2) is 0 Å². The maximum Gasteiger partial charge on any atom is 0.321 e. The highest BCUT2D eigenvalue weighted by molar-refractivity contribution is 5.94. The Morgan fingerprint density at radius 1 is 1.14 bits per heavy atom. The molecule has 0 unspecified atom stereocenters. The van der Waals surface area contributed by atoms with E-state index in [0.717, 1.165) is 16.8 Å². The molecule has 1 aromatic heterocycles. The average Bonchev–Trinajstić information content (AvgIpc) is 3.17. The Labute approximate surface area is 161 Å². The largest absolute Gasteiger partial charge is 0.340 e. The first-order chi connectivity index (χ1) is 13.7. The molecular formula is C21H17N5O2. The number of hydrogen-bond donors (Lipinski definition) is 2. The molecule has 7 nitrogen and oxygen atoms in total. The van der Waals surface area contributed by atoms with Crippen molar-refractivity contribution >= 4 is 28.7 Å². The monoisotopic (exact) mass is 371 g/mol. The van der Waals surface area contributed by atoms with Gasteiger partial charge in [-0.1, -0.05) is 24.0 Å². The quantitative estimate of drug-likeness (QED) is 0.689. The molecule has 0 atom stereocenters. The first kappa shape index (κ1) is 17.5. The van der Waals surface area contributed by atoms with E-state index < -0.39 is 0 Å². The second-order valence-corrected chi connectivity index (χ2v) is 6.16. The van der Waals surface area contributed by atoms with E-state index >= 15 is 0 Å². The van der Waals surface area contributed by atoms with Gasteiger partial charge in [-0.2, -0.15) is 0 Å². The van der Waals surface area contributed by atoms with Crippen LogP contribution in [0.25, 0.3) is 11.0 Å². The Balaban J connectivity index is 1.35. The van der Waals surface area contributed by atoms with Crippen molar-refractivity contribution in [1.82, 2.24) is 20.6 Å². The zero-order valence-corrected chi connectivity index (χ0v) is 15.0. The molecule has 3 aromatic rings. The molecule has 0 spiro atoms. The fourth-order valence-electron chi connectivity index (χ4n) is 2.87. The second kappa shape index (κ2) is 7.76. The van der Waals surface area contributed by atoms with Gasteiger partial charge in [-0.25, -0.2) is 9.78 Å². The molecule has 1 aliphatic rings. The summed E-state index contributed by atoms with van der Waals surface area (Å²) in [7, 11) is 0. The molecule has 2 heterocycles. The number of hydrogen-bond acceptors (Lipinski definition) is 4. The van der Waals surface area contributed by atoms with Gasteiger partial charge in [0.05, 0.1) is 23.8 Å². The number of nitrogens with zero attached hydrogens (tertiary/aromatic N) is 3. The highest BCUT2D eigenvalue weighted by Crippen LogP contribution is 2.16. The van der Waals surface area contributed by atoms with Crippen LogP contribution in [0.5, 0.6) is 0 Å². The number of urea groups is 1. The standard InChI is InChI=1S/C21H17N5O2/c27-20(19-14-24-17-5-1-2-6-18(17)25-19)22-11-3-4-15-7-9-16(10-8-15)26-13-12-23-21(26)28/h1-2,5-10,14H,11-13H2,(H,22,27)(H,23,28). The lowest BCUT2D eigenvalue weighted by Crippen LogP contribution is -2.27. The summed E-state index contributed by atoms with van der Waals surface area (Å²) in [5.74, 6) is 5.59. The zero-order chi connectivity index (χ0) is 19.3. The molecule has 2 N–H and O–H groups in total. The Bertz CT molecular complexity index is 1100. The number of anilines is 1. The van der Waals surface area contributed by atoms with Crippen LogP contribution < -0.4 is 15.5 Å². The maximum atomic E-state index is 12.2. The molecular weight excluding hydrogens is 354 g/mol. The van der Waals surface area contributed by atoms with E-state index in [4.69, 9.17) is 0 Å². The number of fused-ring (bicyclic) bond motifs is 1. The number of carbonyl (C=O) groups is 2. The normalized spacial score (nSPS) is 13.0. The minimum atomic E-state index is -0.317. The minimum absolute atomic E-state index is 0.0849. The molecule has 28 heavy (non-hydrogen) atoms. The highest BCUT2D eigenvalue weighted by Gasteiger charge is 2.20. The van der Waals surface area contributed by atoms with Crippen molar-refractivity contribution in [3.8, 4) is 11.8 Å². The molecule has 138 valence electrons. The van der Waals surface area contributed by atoms with Crippen LogP contribution in [0.1, 0.15) is 16.1 Å². The molecule has 3 amide bonds. The van der Waals surface area contributed by atoms with Crippen molar-refractivity contribution in [3.63, 3.8) is 0 Å². The minimum Gasteiger partial charge on any atom is -0.340 e. The van der Waals surface area contributed by atoms with E-state index in [1.54, 1.807) is 4.90 Å². The highest BCUT2D eigenvalue weighted by atomic mass is 16.2. The van der Waals surface area contributed by atoms with Gasteiger partial charge in [-0.15, -0.1) is 0 Å². The molecule has 4 rings (SSSR count). The summed E-state index contributed by atoms with van der Waals surface area (Å²) in [5, 5.41) is 5.49. The lowest BCUT2D eigenvalue weighted by molar-refractivity contribution is 0.0953. The lowest BCUT2D eigenvalue weighted by Gasteiger charge is -2.13. The molecule has 2 aromatic carbocycles. The average molecular weight is 371 g/mol. The van der Waals surface area contributed by atoms with Gasteiger partial charge in [0.2, 0.25) is 0 Å². The molecule has 1 fully saturated rings. The Morgan fingerprint density at radius 3 is 2.68 bits per heavy atom. The maximum absolute atomic E-state index is 12.2. The van der Waals surface area contributed by atoms with E-state index in [9.17, 15) is 9.59 Å². The number of amides is 3. The lowest BCUT2D eigenvalue weighted by atomic mass is 10.2. The predicted molar refractivity (Wildman–Crippen MR) is 106 cm³/mol. The van der Waals surface area contributed by atoms with E-state index in [1.807, 2.05) is 48.5 Å². The summed E-state index contributed by atoms with van der Waals surface area (Å²) < 4.78 is 0. The van der Waals surface area contributed by atoms with Gasteiger partial charge >= 0.3 is 6.03 Å². The van der Waals surface area contributed by atoms with E-state index in [0.29, 0.717) is 18.6 Å². The fraction of sp³-hybridized carbons (Fsp3) is 0.143. The van der Waals surface area contributed by atoms with E-state index in [2.05, 4.69) is 32.4 Å². The van der Waals surface area contributed by atoms with Crippen molar-refractivity contribution in [2.75, 3.05) is 24.5 Å². The van der Waals surface area contributed by atoms with Crippen LogP contribution in [-0.2, 0) is 0 Å². The Kier molecular flexibility index (Phi) is 4.85. The van der Waals surface area contributed by atoms with Gasteiger partial charge < -0.3 is 10.6 Å². The fourth-order valence-corrected chi connectivity index (χ4v) is 2.87. The van der Waals surface area contributed by atoms with E-state index in [1.165, 1.54) is 6.20 Å². The third-order valence-corrected chi connectivity index (χ3v) is 4.29. The first-order valence-corrected chi connectivity index (χ1v) is 8.85. The summed E-state index contributed by atoms with van der Waals surface area (Å²) in [6.07, 6.45) is 1.46. The van der Waals surface area contributed by atoms with Crippen LogP contribution in [0.4, 0.5) is 10.5 Å². The van der Waals surface area contributed by atoms with Crippen molar-refractivity contribution in [2.45, 2.75) is 0 Å². The summed E-state index contributed by atoms with van der Waals surface area (Å²) in [6, 6.07) is 14.7. The van der Waals surface area contributed by atoms with Gasteiger partial charge in [-0.3, -0.25) is 14.7 Å². The molecule has 0 radical (unpaired) electrons. The van der Waals surface area contributed by atoms with Crippen molar-refractivity contribution in [1.29, 1.82) is 0 Å². The molecule has 7 heteroatoms. The third kappa shape index (κ3) is 3.76. The second-order valence-electron chi connectivity index (χ2n) is 6.16. The van der Waals surface area contributed by atoms with Crippen molar-refractivity contribution < 1.29 is 9.59 Å². The molecule has 0 saturated carbocycles. The SMILES string of the molecule is O=C(NCC#Cc1ccc(N2CCNC2=O)cc1)c1cnc2ccccc2n1. The topological polar surface area (TPSA) is 87.2 Å². The Hall–Kier alpha value is -3.92. The number of rotatable bonds is 3. The molecule has 1 aliphatic heterocycles. The molecule has 0 bridgehead atoms. The Morgan fingerprint density at radius 2 is 1.93 bits per heavy atom. The smallest absolute Gasteiger partial charge is 0.321 e. The first-order valence-electron chi connectivity index (χ1n) is 8.85. The summed E-state index contributed by atoms with van der Waals surface area (Å²) >= 11 is 0. The van der Waals surface area contributed by atoms with Gasteiger partial charge in [-0.05, 0) is 36.4 Å². The number of para-hydroxylation sites is 2. The number of nitrogens with one attached hydrogen (secondary N) is 2. The predicted octanol–water partition coefficient (Wildman–Crippen LogP) is 1.94. The number of benzene rings is 2. The van der Waals surface area contributed by atoms with Crippen LogP contribution in [-0.4, -0.2) is 41.5 Å². The van der Waals surface area contributed by atoms with Crippen LogP contribution >= 0.6 is 0 Å². The van der Waals surface area contributed by atoms with Crippen LogP contribution in [0.15, 0.2) is 54.7 Å². The van der Waals surface area contributed by atoms with Gasteiger partial charge in [0.1, 0.15) is 5.69 Å². The summed E-state index contributed by atoms with van der Waals surface area (Å²) in [6.45, 7) is 1.51. The van der Waals surface area contributed by atoms with Crippen molar-refractivity contribution in [2.24, 2.45) is 0 Å². The molecule has 1 saturated heterocycles. The van der Waals surface area contributed by atoms with Gasteiger partial charge in [0, 0.05) is 24.3 Å². The van der Waals surface area contributed by atoms with Crippen LogP contribution in [0, 0.1) is 11.8 Å². The summed E-state index contributed by atoms with van der Waals surface area (Å²) in [4.78, 5) is 34.1. The van der Waals surface area contributed by atoms with Crippen LogP contribution in [0.2, 0.25) is 0 Å². The zero-order valence-electron chi connectivity index (χ0n) is 15.0. The molecule has 0 aliphatic carbocycles. The summed E-state index contributed by atoms with van der Waals surface area (Å²) in [5.41, 5.74) is 3.32. The van der Waals surface area contributed by atoms with Crippen LogP contribution in [0.3, 0.4) is 0 Å². The van der Waals surface area contributed by atoms with E-state index in [-0.39, 0.29) is 24.2 Å².